The summed E-state index contributed by atoms with van der Waals surface area (Å²) in [5, 5.41) is 0. The van der Waals surface area contributed by atoms with Crippen molar-refractivity contribution in [2.24, 2.45) is 0 Å². The summed E-state index contributed by atoms with van der Waals surface area (Å²) < 4.78 is 7.57. The molecular weight excluding hydrogens is 216 g/mol. The third-order valence-corrected chi connectivity index (χ3v) is 2.44. The molecule has 2 N–H and O–H groups in total. The highest BCUT2D eigenvalue weighted by Crippen LogP contribution is 2.17. The molecule has 0 aliphatic heterocycles. The Morgan fingerprint density at radius 1 is 1.41 bits per heavy atom. The van der Waals surface area contributed by atoms with Crippen molar-refractivity contribution in [3.8, 4) is 5.75 Å². The van der Waals surface area contributed by atoms with Gasteiger partial charge in [0.2, 0.25) is 5.95 Å². The number of rotatable bonds is 4. The average molecular weight is 232 g/mol. The molecule has 0 saturated heterocycles. The van der Waals surface area contributed by atoms with Gasteiger partial charge in [-0.25, -0.2) is 4.98 Å². The SMILES string of the molecule is CC(C)n1c(COc2cccnc2)cnc1N. The van der Waals surface area contributed by atoms with E-state index in [0.29, 0.717) is 12.6 Å². The van der Waals surface area contributed by atoms with Crippen LogP contribution in [0.1, 0.15) is 25.6 Å². The van der Waals surface area contributed by atoms with Crippen molar-refractivity contribution >= 4 is 5.95 Å². The van der Waals surface area contributed by atoms with E-state index in [1.165, 1.54) is 0 Å². The van der Waals surface area contributed by atoms with E-state index in [1.54, 1.807) is 18.6 Å². The largest absolute Gasteiger partial charge is 0.486 e. The van der Waals surface area contributed by atoms with Crippen molar-refractivity contribution < 1.29 is 4.74 Å². The fourth-order valence-corrected chi connectivity index (χ4v) is 1.70. The molecule has 2 aromatic heterocycles. The normalized spacial score (nSPS) is 10.8. The molecule has 0 aliphatic rings. The lowest BCUT2D eigenvalue weighted by Crippen LogP contribution is -2.11. The number of nitrogen functional groups attached to an aromatic ring is 1. The fraction of sp³-hybridized carbons (Fsp3) is 0.333. The third kappa shape index (κ3) is 2.55. The summed E-state index contributed by atoms with van der Waals surface area (Å²) in [5.41, 5.74) is 6.75. The molecular formula is C12H16N4O. The molecule has 17 heavy (non-hydrogen) atoms. The number of imidazole rings is 1. The van der Waals surface area contributed by atoms with Crippen LogP contribution >= 0.6 is 0 Å². The van der Waals surface area contributed by atoms with Crippen LogP contribution in [0.15, 0.2) is 30.7 Å². The average Bonchev–Trinajstić information content (AvgIpc) is 2.69. The molecule has 0 fully saturated rings. The lowest BCUT2D eigenvalue weighted by atomic mass is 10.3. The van der Waals surface area contributed by atoms with Crippen molar-refractivity contribution in [3.05, 3.63) is 36.4 Å². The Balaban J connectivity index is 2.09. The molecule has 0 unspecified atom stereocenters. The molecule has 5 nitrogen and oxygen atoms in total. The van der Waals surface area contributed by atoms with E-state index in [1.807, 2.05) is 16.7 Å². The van der Waals surface area contributed by atoms with E-state index in [-0.39, 0.29) is 6.04 Å². The van der Waals surface area contributed by atoms with Gasteiger partial charge in [-0.1, -0.05) is 0 Å². The molecule has 2 heterocycles. The van der Waals surface area contributed by atoms with Crippen LogP contribution in [0.4, 0.5) is 5.95 Å². The summed E-state index contributed by atoms with van der Waals surface area (Å²) in [5.74, 6) is 1.26. The maximum atomic E-state index is 5.80. The van der Waals surface area contributed by atoms with Crippen molar-refractivity contribution in [3.63, 3.8) is 0 Å². The van der Waals surface area contributed by atoms with Gasteiger partial charge in [0.15, 0.2) is 0 Å². The van der Waals surface area contributed by atoms with Crippen LogP contribution in [-0.4, -0.2) is 14.5 Å². The summed E-state index contributed by atoms with van der Waals surface area (Å²) in [6.07, 6.45) is 5.13. The topological polar surface area (TPSA) is 66.0 Å². The molecule has 0 bridgehead atoms. The number of anilines is 1. The smallest absolute Gasteiger partial charge is 0.200 e. The number of pyridine rings is 1. The van der Waals surface area contributed by atoms with Crippen LogP contribution in [0.2, 0.25) is 0 Å². The van der Waals surface area contributed by atoms with Crippen molar-refractivity contribution in [1.29, 1.82) is 0 Å². The van der Waals surface area contributed by atoms with Gasteiger partial charge < -0.3 is 15.0 Å². The Kier molecular flexibility index (Phi) is 3.27. The van der Waals surface area contributed by atoms with Crippen LogP contribution in [0.25, 0.3) is 0 Å². The minimum atomic E-state index is 0.269. The molecule has 0 radical (unpaired) electrons. The molecule has 0 saturated carbocycles. The highest BCUT2D eigenvalue weighted by Gasteiger charge is 2.10. The molecule has 90 valence electrons. The second-order valence-corrected chi connectivity index (χ2v) is 4.05. The predicted octanol–water partition coefficient (Wildman–Crippen LogP) is 2.02. The Bertz CT molecular complexity index is 479. The lowest BCUT2D eigenvalue weighted by molar-refractivity contribution is 0.291. The van der Waals surface area contributed by atoms with Crippen LogP contribution in [-0.2, 0) is 6.61 Å². The first kappa shape index (κ1) is 11.4. The minimum Gasteiger partial charge on any atom is -0.486 e. The first-order chi connectivity index (χ1) is 8.18. The van der Waals surface area contributed by atoms with Crippen LogP contribution < -0.4 is 10.5 Å². The van der Waals surface area contributed by atoms with E-state index in [0.717, 1.165) is 11.4 Å². The third-order valence-electron chi connectivity index (χ3n) is 2.44. The van der Waals surface area contributed by atoms with Crippen LogP contribution in [0, 0.1) is 0 Å². The van der Waals surface area contributed by atoms with Crippen molar-refractivity contribution in [2.45, 2.75) is 26.5 Å². The number of hydrogen-bond donors (Lipinski definition) is 1. The number of ether oxygens (including phenoxy) is 1. The molecule has 5 heteroatoms. The Labute approximate surface area is 100 Å². The predicted molar refractivity (Wildman–Crippen MR) is 65.6 cm³/mol. The van der Waals surface area contributed by atoms with E-state index < -0.39 is 0 Å². The Morgan fingerprint density at radius 3 is 2.88 bits per heavy atom. The molecule has 2 rings (SSSR count). The summed E-state index contributed by atoms with van der Waals surface area (Å²) in [7, 11) is 0. The quantitative estimate of drug-likeness (QED) is 0.875. The number of aromatic nitrogens is 3. The maximum absolute atomic E-state index is 5.80. The molecule has 0 aromatic carbocycles. The van der Waals surface area contributed by atoms with Crippen LogP contribution in [0.3, 0.4) is 0 Å². The highest BCUT2D eigenvalue weighted by atomic mass is 16.5. The summed E-state index contributed by atoms with van der Waals surface area (Å²) >= 11 is 0. The van der Waals surface area contributed by atoms with E-state index in [2.05, 4.69) is 23.8 Å². The first-order valence-electron chi connectivity index (χ1n) is 5.53. The van der Waals surface area contributed by atoms with Crippen molar-refractivity contribution in [2.75, 3.05) is 5.73 Å². The number of nitrogens with two attached hydrogens (primary N) is 1. The zero-order valence-corrected chi connectivity index (χ0v) is 10.00. The minimum absolute atomic E-state index is 0.269. The molecule has 0 atom stereocenters. The van der Waals surface area contributed by atoms with E-state index in [9.17, 15) is 0 Å². The molecule has 2 aromatic rings. The van der Waals surface area contributed by atoms with Gasteiger partial charge >= 0.3 is 0 Å². The van der Waals surface area contributed by atoms with Gasteiger partial charge in [0.1, 0.15) is 12.4 Å². The fourth-order valence-electron chi connectivity index (χ4n) is 1.70. The number of nitrogens with zero attached hydrogens (tertiary/aromatic N) is 3. The monoisotopic (exact) mass is 232 g/mol. The standard InChI is InChI=1S/C12H16N4O/c1-9(2)16-10(6-15-12(16)13)8-17-11-4-3-5-14-7-11/h3-7,9H,8H2,1-2H3,(H2,13,15). The first-order valence-corrected chi connectivity index (χ1v) is 5.53. The van der Waals surface area contributed by atoms with Gasteiger partial charge in [-0.2, -0.15) is 0 Å². The van der Waals surface area contributed by atoms with Gasteiger partial charge in [0.25, 0.3) is 0 Å². The van der Waals surface area contributed by atoms with Gasteiger partial charge in [-0.15, -0.1) is 0 Å². The Morgan fingerprint density at radius 2 is 2.24 bits per heavy atom. The van der Waals surface area contributed by atoms with Crippen LogP contribution in [0.5, 0.6) is 5.75 Å². The second-order valence-electron chi connectivity index (χ2n) is 4.05. The van der Waals surface area contributed by atoms with Gasteiger partial charge in [-0.05, 0) is 26.0 Å². The molecule has 0 aliphatic carbocycles. The second kappa shape index (κ2) is 4.86. The number of hydrogen-bond acceptors (Lipinski definition) is 4. The maximum Gasteiger partial charge on any atom is 0.200 e. The summed E-state index contributed by atoms with van der Waals surface area (Å²) in [4.78, 5) is 8.08. The molecule has 0 amide bonds. The zero-order valence-electron chi connectivity index (χ0n) is 10.00. The van der Waals surface area contributed by atoms with Crippen molar-refractivity contribution in [1.82, 2.24) is 14.5 Å². The zero-order chi connectivity index (χ0) is 12.3. The van der Waals surface area contributed by atoms with Gasteiger partial charge in [0.05, 0.1) is 18.1 Å². The summed E-state index contributed by atoms with van der Waals surface area (Å²) in [6.45, 7) is 4.56. The van der Waals surface area contributed by atoms with E-state index >= 15 is 0 Å². The summed E-state index contributed by atoms with van der Waals surface area (Å²) in [6, 6.07) is 3.97. The highest BCUT2D eigenvalue weighted by molar-refractivity contribution is 5.24. The molecule has 0 spiro atoms. The Hall–Kier alpha value is -2.04. The van der Waals surface area contributed by atoms with Gasteiger partial charge in [0, 0.05) is 12.2 Å². The van der Waals surface area contributed by atoms with E-state index in [4.69, 9.17) is 10.5 Å². The lowest BCUT2D eigenvalue weighted by Gasteiger charge is -2.13. The van der Waals surface area contributed by atoms with Gasteiger partial charge in [-0.3, -0.25) is 4.98 Å².